The SMILES string of the molecule is CC(C)(C)c1c(-c2cccc(N(c3ccc(-c4ccccc4-c4ccccc4-c4ccccc4)cc3)c3ccc4ccccc4c3)c2)oc2ccccc12. The van der Waals surface area contributed by atoms with E-state index in [1.165, 1.54) is 55.1 Å². The van der Waals surface area contributed by atoms with Gasteiger partial charge in [-0.25, -0.2) is 0 Å². The summed E-state index contributed by atoms with van der Waals surface area (Å²) in [7, 11) is 0. The van der Waals surface area contributed by atoms with Crippen molar-refractivity contribution in [2.24, 2.45) is 0 Å². The van der Waals surface area contributed by atoms with Gasteiger partial charge in [-0.2, -0.15) is 0 Å². The van der Waals surface area contributed by atoms with Crippen molar-refractivity contribution in [3.05, 3.63) is 200 Å². The minimum atomic E-state index is -0.107. The van der Waals surface area contributed by atoms with E-state index in [0.29, 0.717) is 0 Å². The van der Waals surface area contributed by atoms with Crippen LogP contribution in [0.5, 0.6) is 0 Å². The van der Waals surface area contributed by atoms with Crippen LogP contribution in [-0.4, -0.2) is 0 Å². The van der Waals surface area contributed by atoms with Gasteiger partial charge in [0.2, 0.25) is 0 Å². The number of nitrogens with zero attached hydrogens (tertiary/aromatic N) is 1. The van der Waals surface area contributed by atoms with Crippen molar-refractivity contribution >= 4 is 38.8 Å². The van der Waals surface area contributed by atoms with Crippen molar-refractivity contribution in [2.45, 2.75) is 26.2 Å². The van der Waals surface area contributed by atoms with E-state index in [1.807, 2.05) is 6.07 Å². The summed E-state index contributed by atoms with van der Waals surface area (Å²) < 4.78 is 6.65. The van der Waals surface area contributed by atoms with Gasteiger partial charge in [-0.3, -0.25) is 0 Å². The zero-order chi connectivity index (χ0) is 36.6. The molecule has 9 aromatic rings. The maximum Gasteiger partial charge on any atom is 0.139 e. The second kappa shape index (κ2) is 13.7. The fourth-order valence-corrected chi connectivity index (χ4v) is 7.89. The highest BCUT2D eigenvalue weighted by molar-refractivity contribution is 5.94. The van der Waals surface area contributed by atoms with Crippen LogP contribution in [0, 0.1) is 0 Å². The van der Waals surface area contributed by atoms with Crippen LogP contribution < -0.4 is 4.90 Å². The summed E-state index contributed by atoms with van der Waals surface area (Å²) in [4.78, 5) is 2.36. The zero-order valence-electron chi connectivity index (χ0n) is 30.8. The third kappa shape index (κ3) is 6.16. The number of rotatable bonds is 7. The molecule has 260 valence electrons. The van der Waals surface area contributed by atoms with Crippen molar-refractivity contribution in [3.63, 3.8) is 0 Å². The van der Waals surface area contributed by atoms with E-state index in [4.69, 9.17) is 4.42 Å². The molecule has 0 saturated heterocycles. The van der Waals surface area contributed by atoms with Crippen molar-refractivity contribution in [1.82, 2.24) is 0 Å². The van der Waals surface area contributed by atoms with Crippen molar-refractivity contribution < 1.29 is 4.42 Å². The van der Waals surface area contributed by atoms with Crippen molar-refractivity contribution in [2.75, 3.05) is 4.90 Å². The van der Waals surface area contributed by atoms with E-state index < -0.39 is 0 Å². The molecule has 0 aliphatic rings. The van der Waals surface area contributed by atoms with Gasteiger partial charge < -0.3 is 9.32 Å². The topological polar surface area (TPSA) is 16.4 Å². The zero-order valence-corrected chi connectivity index (χ0v) is 30.8. The van der Waals surface area contributed by atoms with Gasteiger partial charge >= 0.3 is 0 Å². The van der Waals surface area contributed by atoms with E-state index in [-0.39, 0.29) is 5.41 Å². The third-order valence-corrected chi connectivity index (χ3v) is 10.4. The Hall–Kier alpha value is -6.64. The fourth-order valence-electron chi connectivity index (χ4n) is 7.89. The number of hydrogen-bond acceptors (Lipinski definition) is 2. The van der Waals surface area contributed by atoms with Crippen LogP contribution in [-0.2, 0) is 5.41 Å². The molecule has 0 bridgehead atoms. The van der Waals surface area contributed by atoms with E-state index >= 15 is 0 Å². The first-order valence-electron chi connectivity index (χ1n) is 18.7. The maximum atomic E-state index is 6.65. The molecule has 0 aliphatic carbocycles. The summed E-state index contributed by atoms with van der Waals surface area (Å²) >= 11 is 0. The Kier molecular flexibility index (Phi) is 8.44. The monoisotopic (exact) mass is 695 g/mol. The Morgan fingerprint density at radius 2 is 0.926 bits per heavy atom. The molecule has 0 N–H and O–H groups in total. The van der Waals surface area contributed by atoms with Crippen LogP contribution in [0.1, 0.15) is 26.3 Å². The lowest BCUT2D eigenvalue weighted by molar-refractivity contribution is 0.568. The van der Waals surface area contributed by atoms with Gasteiger partial charge in [0.05, 0.1) is 0 Å². The number of furan rings is 1. The Morgan fingerprint density at radius 3 is 1.63 bits per heavy atom. The quantitative estimate of drug-likeness (QED) is 0.165. The summed E-state index contributed by atoms with van der Waals surface area (Å²) in [6.07, 6.45) is 0. The van der Waals surface area contributed by atoms with E-state index in [0.717, 1.165) is 34.0 Å². The molecule has 0 saturated carbocycles. The second-order valence-corrected chi connectivity index (χ2v) is 15.0. The summed E-state index contributed by atoms with van der Waals surface area (Å²) in [6.45, 7) is 6.79. The van der Waals surface area contributed by atoms with Crippen LogP contribution in [0.2, 0.25) is 0 Å². The minimum Gasteiger partial charge on any atom is -0.456 e. The normalized spacial score (nSPS) is 11.6. The van der Waals surface area contributed by atoms with Crippen molar-refractivity contribution in [3.8, 4) is 44.7 Å². The molecule has 0 aliphatic heterocycles. The molecular formula is C52H41NO. The predicted octanol–water partition coefficient (Wildman–Crippen LogP) is 15.0. The van der Waals surface area contributed by atoms with Gasteiger partial charge in [0.15, 0.2) is 0 Å². The average molecular weight is 696 g/mol. The highest BCUT2D eigenvalue weighted by Gasteiger charge is 2.27. The van der Waals surface area contributed by atoms with Gasteiger partial charge in [0.25, 0.3) is 0 Å². The molecule has 1 aromatic heterocycles. The summed E-state index contributed by atoms with van der Waals surface area (Å²) in [6, 6.07) is 69.6. The first kappa shape index (κ1) is 33.2. The van der Waals surface area contributed by atoms with E-state index in [1.54, 1.807) is 0 Å². The minimum absolute atomic E-state index is 0.107. The Morgan fingerprint density at radius 1 is 0.389 bits per heavy atom. The maximum absolute atomic E-state index is 6.65. The molecule has 0 radical (unpaired) electrons. The molecule has 0 atom stereocenters. The average Bonchev–Trinajstić information content (AvgIpc) is 3.63. The number of hydrogen-bond donors (Lipinski definition) is 0. The van der Waals surface area contributed by atoms with Gasteiger partial charge in [-0.05, 0) is 92.0 Å². The van der Waals surface area contributed by atoms with Crippen LogP contribution >= 0.6 is 0 Å². The van der Waals surface area contributed by atoms with Gasteiger partial charge in [0.1, 0.15) is 11.3 Å². The molecule has 0 unspecified atom stereocenters. The lowest BCUT2D eigenvalue weighted by Crippen LogP contribution is -2.12. The number of benzene rings is 8. The molecular weight excluding hydrogens is 655 g/mol. The standard InChI is InChI=1S/C52H41NO/c1-52(2,3)50-48-26-13-14-27-49(48)54-51(50)40-20-15-21-42(35-40)53(43-33-28-36-16-7-8-19-39(36)34-43)41-31-29-38(30-32-41)45-23-10-12-25-47(45)46-24-11-9-22-44(46)37-17-5-4-6-18-37/h4-35H,1-3H3. The lowest BCUT2D eigenvalue weighted by Gasteiger charge is -2.27. The molecule has 8 aromatic carbocycles. The second-order valence-electron chi connectivity index (χ2n) is 15.0. The van der Waals surface area contributed by atoms with E-state index in [9.17, 15) is 0 Å². The first-order chi connectivity index (χ1) is 26.4. The molecule has 2 heteroatoms. The van der Waals surface area contributed by atoms with Gasteiger partial charge in [0, 0.05) is 33.6 Å². The van der Waals surface area contributed by atoms with E-state index in [2.05, 4.69) is 214 Å². The summed E-state index contributed by atoms with van der Waals surface area (Å²) in [5, 5.41) is 3.58. The number of fused-ring (bicyclic) bond motifs is 2. The van der Waals surface area contributed by atoms with Crippen LogP contribution in [0.4, 0.5) is 17.1 Å². The predicted molar refractivity (Wildman–Crippen MR) is 229 cm³/mol. The molecule has 0 amide bonds. The first-order valence-corrected chi connectivity index (χ1v) is 18.7. The molecule has 1 heterocycles. The molecule has 54 heavy (non-hydrogen) atoms. The summed E-state index contributed by atoms with van der Waals surface area (Å²) in [5.41, 5.74) is 13.6. The third-order valence-electron chi connectivity index (χ3n) is 10.4. The lowest BCUT2D eigenvalue weighted by atomic mass is 9.83. The van der Waals surface area contributed by atoms with Crippen LogP contribution in [0.25, 0.3) is 66.4 Å². The van der Waals surface area contributed by atoms with Crippen molar-refractivity contribution in [1.29, 1.82) is 0 Å². The van der Waals surface area contributed by atoms with Crippen LogP contribution in [0.15, 0.2) is 199 Å². The molecule has 0 spiro atoms. The Bertz CT molecular complexity index is 2750. The highest BCUT2D eigenvalue weighted by atomic mass is 16.3. The fraction of sp³-hybridized carbons (Fsp3) is 0.0769. The highest BCUT2D eigenvalue weighted by Crippen LogP contribution is 2.44. The molecule has 0 fully saturated rings. The summed E-state index contributed by atoms with van der Waals surface area (Å²) in [5.74, 6) is 0.923. The van der Waals surface area contributed by atoms with Gasteiger partial charge in [-0.15, -0.1) is 0 Å². The number of para-hydroxylation sites is 1. The smallest absolute Gasteiger partial charge is 0.139 e. The molecule has 9 rings (SSSR count). The Balaban J connectivity index is 1.17. The largest absolute Gasteiger partial charge is 0.456 e. The van der Waals surface area contributed by atoms with Gasteiger partial charge in [-0.1, -0.05) is 172 Å². The number of anilines is 3. The van der Waals surface area contributed by atoms with Crippen LogP contribution in [0.3, 0.4) is 0 Å². The molecule has 2 nitrogen and oxygen atoms in total. The Labute approximate surface area is 317 Å².